The number of ketones is 2. The first-order valence-electron chi connectivity index (χ1n) is 12.9. The Morgan fingerprint density at radius 3 is 1.27 bits per heavy atom. The van der Waals surface area contributed by atoms with Crippen molar-refractivity contribution >= 4 is 129 Å². The van der Waals surface area contributed by atoms with E-state index < -0.39 is 35.8 Å². The molecule has 0 radical (unpaired) electrons. The fourth-order valence-corrected chi connectivity index (χ4v) is 6.17. The van der Waals surface area contributed by atoms with Gasteiger partial charge in [-0.05, 0) is 23.7 Å². The van der Waals surface area contributed by atoms with Crippen LogP contribution in [-0.2, 0) is 32.0 Å². The normalized spacial score (nSPS) is 15.5. The molecule has 2 aromatic rings. The van der Waals surface area contributed by atoms with E-state index in [1.807, 2.05) is 27.7 Å². The number of nitrogens with zero attached hydrogens (tertiary/aromatic N) is 4. The number of anilines is 2. The van der Waals surface area contributed by atoms with Crippen molar-refractivity contribution in [2.45, 2.75) is 53.4 Å². The van der Waals surface area contributed by atoms with Crippen molar-refractivity contribution in [1.82, 2.24) is 19.8 Å². The van der Waals surface area contributed by atoms with Gasteiger partial charge >= 0.3 is 60.9 Å². The molecule has 2 aliphatic carbocycles. The molecule has 0 spiro atoms. The van der Waals surface area contributed by atoms with Gasteiger partial charge in [0.1, 0.15) is 11.9 Å². The third-order valence-electron chi connectivity index (χ3n) is 6.47. The van der Waals surface area contributed by atoms with Gasteiger partial charge in [0.15, 0.2) is 21.8 Å². The minimum absolute atomic E-state index is 0. The van der Waals surface area contributed by atoms with Gasteiger partial charge in [0.05, 0.1) is 21.1 Å². The van der Waals surface area contributed by atoms with Crippen molar-refractivity contribution in [3.05, 3.63) is 21.1 Å². The molecule has 6 amide bonds. The number of carbonyl (C=O) groups excluding carboxylic acids is 8. The molecule has 0 atom stereocenters. The Labute approximate surface area is 305 Å². The summed E-state index contributed by atoms with van der Waals surface area (Å²) in [6.07, 6.45) is 2.01. The zero-order valence-corrected chi connectivity index (χ0v) is 31.3. The molecule has 45 heavy (non-hydrogen) atoms. The molecule has 4 rings (SSSR count). The maximum atomic E-state index is 12.0. The van der Waals surface area contributed by atoms with Crippen LogP contribution in [0.5, 0.6) is 0 Å². The Morgan fingerprint density at radius 1 is 0.667 bits per heavy atom. The molecule has 2 heterocycles. The molecular formula is C26H28BaN6O10S2. The molecule has 0 saturated heterocycles. The summed E-state index contributed by atoms with van der Waals surface area (Å²) in [5, 5.41) is 25.8. The van der Waals surface area contributed by atoms with Gasteiger partial charge in [0.2, 0.25) is 0 Å². The van der Waals surface area contributed by atoms with Crippen LogP contribution in [0.4, 0.5) is 19.9 Å². The first kappa shape index (κ1) is 38.2. The number of Topliss-reactive ketones (excluding diaryl/α,β-unsaturated/α-hetero) is 2. The molecule has 236 valence electrons. The van der Waals surface area contributed by atoms with Crippen LogP contribution in [0.15, 0.2) is 0 Å². The van der Waals surface area contributed by atoms with E-state index in [1.54, 1.807) is 0 Å². The minimum atomic E-state index is -1.98. The number of carboxylic acid groups (broad SMARTS) is 2. The van der Waals surface area contributed by atoms with Crippen LogP contribution in [-0.4, -0.2) is 130 Å². The van der Waals surface area contributed by atoms with Crippen LogP contribution in [0.2, 0.25) is 0 Å². The number of nitrogens with one attached hydrogen (secondary N) is 2. The Bertz CT molecular complexity index is 1480. The summed E-state index contributed by atoms with van der Waals surface area (Å²) in [6.45, 7) is 7.82. The number of carbonyl (C=O) groups is 8. The minimum Gasteiger partial charge on any atom is -0.540 e. The van der Waals surface area contributed by atoms with E-state index in [0.29, 0.717) is 56.6 Å². The molecule has 0 fully saturated rings. The van der Waals surface area contributed by atoms with Crippen molar-refractivity contribution < 1.29 is 48.6 Å². The van der Waals surface area contributed by atoms with Gasteiger partial charge < -0.3 is 19.8 Å². The van der Waals surface area contributed by atoms with Gasteiger partial charge in [0.25, 0.3) is 11.8 Å². The quantitative estimate of drug-likeness (QED) is 0.295. The number of thiazole rings is 2. The number of aromatic nitrogens is 2. The Hall–Kier alpha value is -3.01. The molecule has 0 unspecified atom stereocenters. The second-order valence-electron chi connectivity index (χ2n) is 11.6. The number of imide groups is 2. The van der Waals surface area contributed by atoms with E-state index in [-0.39, 0.29) is 81.5 Å². The summed E-state index contributed by atoms with van der Waals surface area (Å²) in [6, 6.07) is -1.90. The summed E-state index contributed by atoms with van der Waals surface area (Å²) in [5.74, 6) is -6.96. The average Bonchev–Trinajstić information content (AvgIpc) is 3.48. The van der Waals surface area contributed by atoms with E-state index >= 15 is 0 Å². The predicted molar refractivity (Wildman–Crippen MR) is 156 cm³/mol. The van der Waals surface area contributed by atoms with Gasteiger partial charge in [-0.3, -0.25) is 39.6 Å². The van der Waals surface area contributed by atoms with Crippen LogP contribution >= 0.6 is 22.7 Å². The summed E-state index contributed by atoms with van der Waals surface area (Å²) in [7, 11) is 2.02. The third kappa shape index (κ3) is 9.50. The van der Waals surface area contributed by atoms with Crippen LogP contribution in [0.25, 0.3) is 0 Å². The van der Waals surface area contributed by atoms with Crippen LogP contribution in [0.1, 0.15) is 71.3 Å². The van der Waals surface area contributed by atoms with Gasteiger partial charge in [-0.2, -0.15) is 0 Å². The SMILES string of the molecule is CN(C(=O)Nc1nc2c(s1)C(=O)CC(C)(C)C2)C(=O)C(=O)[O-].CN(C(=O)Nc1nc2c(s1)C(=O)CC(C)(C)C2)C(=O)C(=O)[O-].[Ba+2]. The van der Waals surface area contributed by atoms with Gasteiger partial charge in [-0.15, -0.1) is 0 Å². The standard InChI is InChI=1S/2C13H15N3O5S.Ba/c2*1-13(2)4-6-8(7(17)5-13)22-11(14-6)15-12(21)16(3)9(18)10(19)20;/h2*4-5H2,1-3H3,(H,19,20)(H,14,15,21);/q;;+2/p-2. The van der Waals surface area contributed by atoms with Crippen LogP contribution in [0, 0.1) is 10.8 Å². The molecule has 0 aromatic carbocycles. The Morgan fingerprint density at radius 2 is 0.978 bits per heavy atom. The van der Waals surface area contributed by atoms with Crippen molar-refractivity contribution in [1.29, 1.82) is 0 Å². The number of urea groups is 2. The molecule has 2 N–H and O–H groups in total. The van der Waals surface area contributed by atoms with E-state index in [9.17, 15) is 48.6 Å². The van der Waals surface area contributed by atoms with E-state index in [2.05, 4.69) is 20.6 Å². The zero-order chi connectivity index (χ0) is 33.3. The number of rotatable bonds is 2. The number of amides is 6. The Kier molecular flexibility index (Phi) is 12.4. The van der Waals surface area contributed by atoms with Crippen LogP contribution in [0.3, 0.4) is 0 Å². The average molecular weight is 786 g/mol. The third-order valence-corrected chi connectivity index (χ3v) is 8.58. The van der Waals surface area contributed by atoms with Gasteiger partial charge in [-0.1, -0.05) is 50.4 Å². The van der Waals surface area contributed by atoms with E-state index in [0.717, 1.165) is 36.8 Å². The maximum Gasteiger partial charge on any atom is 2.00 e. The molecule has 19 heteroatoms. The molecule has 0 aliphatic heterocycles. The van der Waals surface area contributed by atoms with Gasteiger partial charge in [-0.25, -0.2) is 19.6 Å². The number of fused-ring (bicyclic) bond motifs is 2. The molecule has 2 aliphatic rings. The van der Waals surface area contributed by atoms with Crippen molar-refractivity contribution in [2.24, 2.45) is 10.8 Å². The molecular weight excluding hydrogens is 758 g/mol. The monoisotopic (exact) mass is 786 g/mol. The topological polar surface area (TPSA) is 239 Å². The molecule has 16 nitrogen and oxygen atoms in total. The first-order valence-corrected chi connectivity index (χ1v) is 14.5. The predicted octanol–water partition coefficient (Wildman–Crippen LogP) is -0.304. The largest absolute Gasteiger partial charge is 2.00 e. The molecule has 0 bridgehead atoms. The van der Waals surface area contributed by atoms with Crippen molar-refractivity contribution in [3.8, 4) is 0 Å². The van der Waals surface area contributed by atoms with Crippen LogP contribution < -0.4 is 20.8 Å². The second-order valence-corrected chi connectivity index (χ2v) is 13.6. The van der Waals surface area contributed by atoms with Crippen molar-refractivity contribution in [2.75, 3.05) is 24.7 Å². The maximum absolute atomic E-state index is 12.0. The second kappa shape index (κ2) is 14.6. The summed E-state index contributed by atoms with van der Waals surface area (Å²) in [4.78, 5) is 101. The number of hydrogen-bond acceptors (Lipinski definition) is 14. The fraction of sp³-hybridized carbons (Fsp3) is 0.462. The molecule has 2 aromatic heterocycles. The smallest absolute Gasteiger partial charge is 0.540 e. The summed E-state index contributed by atoms with van der Waals surface area (Å²) in [5.41, 5.74) is 0.827. The number of carboxylic acids is 2. The van der Waals surface area contributed by atoms with Gasteiger partial charge in [0, 0.05) is 26.9 Å². The summed E-state index contributed by atoms with van der Waals surface area (Å²) < 4.78 is 0. The van der Waals surface area contributed by atoms with Crippen molar-refractivity contribution in [3.63, 3.8) is 0 Å². The first-order chi connectivity index (χ1) is 20.2. The van der Waals surface area contributed by atoms with E-state index in [4.69, 9.17) is 0 Å². The Balaban J connectivity index is 0.000000307. The number of hydrogen-bond donors (Lipinski definition) is 2. The fourth-order valence-electron chi connectivity index (χ4n) is 4.36. The number of likely N-dealkylation sites (N-methyl/N-ethyl adjacent to an activating group) is 2. The zero-order valence-electron chi connectivity index (χ0n) is 25.2. The summed E-state index contributed by atoms with van der Waals surface area (Å²) >= 11 is 2.03. The number of aliphatic carboxylic acids is 2. The van der Waals surface area contributed by atoms with E-state index in [1.165, 1.54) is 0 Å². The molecule has 0 saturated carbocycles.